The molecule has 2 aromatic rings. The number of nitrogens with zero attached hydrogens (tertiary/aromatic N) is 3. The standard InChI is InChI=1S/C23H25B2N4O5/c1-25(34)29(24-14-30)7-5-3-2-4-6-15-8-18-20(27-12-15)28-22(33)23(18)10-16-9-17(21(31)32)13-26-19(16)11-23/h4,6,8-9,12-14,34H,2-3,5,7,10-11H2,1H3,(H,31,32)(H,27,28,33)/b6-4+/t23-/m0/s1. The summed E-state index contributed by atoms with van der Waals surface area (Å²) < 4.78 is 1.60. The number of carboxylic acid groups (broad SMARTS) is 1. The summed E-state index contributed by atoms with van der Waals surface area (Å²) in [6.07, 6.45) is 11.1. The lowest BCUT2D eigenvalue weighted by atomic mass is 9.73. The van der Waals surface area contributed by atoms with Gasteiger partial charge in [0.1, 0.15) is 5.82 Å². The third-order valence-corrected chi connectivity index (χ3v) is 6.44. The van der Waals surface area contributed by atoms with Crippen molar-refractivity contribution in [2.45, 2.75) is 44.3 Å². The second-order valence-electron chi connectivity index (χ2n) is 8.74. The molecule has 3 N–H and O–H groups in total. The van der Waals surface area contributed by atoms with Crippen molar-refractivity contribution < 1.29 is 24.5 Å². The lowest BCUT2D eigenvalue weighted by molar-refractivity contribution is -0.120. The van der Waals surface area contributed by atoms with Gasteiger partial charge >= 0.3 is 13.0 Å². The lowest BCUT2D eigenvalue weighted by Gasteiger charge is -2.20. The van der Waals surface area contributed by atoms with Crippen molar-refractivity contribution >= 4 is 44.4 Å². The number of amides is 1. The van der Waals surface area contributed by atoms with Crippen LogP contribution >= 0.6 is 0 Å². The second-order valence-corrected chi connectivity index (χ2v) is 8.74. The number of hydrogen-bond donors (Lipinski definition) is 3. The van der Waals surface area contributed by atoms with Crippen molar-refractivity contribution in [2.24, 2.45) is 0 Å². The van der Waals surface area contributed by atoms with E-state index in [-0.39, 0.29) is 11.5 Å². The van der Waals surface area contributed by atoms with Crippen LogP contribution in [0.25, 0.3) is 6.08 Å². The Hall–Kier alpha value is -3.30. The molecule has 11 heteroatoms. The van der Waals surface area contributed by atoms with Crippen molar-refractivity contribution in [3.63, 3.8) is 0 Å². The third-order valence-electron chi connectivity index (χ3n) is 6.44. The van der Waals surface area contributed by atoms with Gasteiger partial charge in [0.05, 0.1) is 17.2 Å². The Morgan fingerprint density at radius 2 is 2.12 bits per heavy atom. The predicted molar refractivity (Wildman–Crippen MR) is 129 cm³/mol. The quantitative estimate of drug-likeness (QED) is 0.277. The fourth-order valence-corrected chi connectivity index (χ4v) is 4.62. The lowest BCUT2D eigenvalue weighted by Crippen LogP contribution is -2.41. The molecule has 9 nitrogen and oxygen atoms in total. The van der Waals surface area contributed by atoms with Crippen molar-refractivity contribution in [3.8, 4) is 0 Å². The third kappa shape index (κ3) is 4.67. The number of carboxylic acids is 1. The van der Waals surface area contributed by atoms with Gasteiger partial charge in [-0.05, 0) is 62.3 Å². The number of aromatic carboxylic acids is 1. The number of carbonyl (C=O) groups excluding carboxylic acids is 2. The van der Waals surface area contributed by atoms with E-state index < -0.39 is 18.4 Å². The van der Waals surface area contributed by atoms with Gasteiger partial charge in [-0.1, -0.05) is 12.2 Å². The number of fused-ring (bicyclic) bond motifs is 3. The van der Waals surface area contributed by atoms with Gasteiger partial charge in [-0.25, -0.2) is 9.78 Å². The first-order chi connectivity index (χ1) is 16.3. The summed E-state index contributed by atoms with van der Waals surface area (Å²) in [7, 11) is 0.649. The molecule has 1 atom stereocenters. The first-order valence-corrected chi connectivity index (χ1v) is 11.3. The van der Waals surface area contributed by atoms with E-state index in [1.54, 1.807) is 23.8 Å². The van der Waals surface area contributed by atoms with E-state index in [9.17, 15) is 24.5 Å². The number of unbranched alkanes of at least 4 members (excludes halogenated alkanes) is 2. The normalized spacial score (nSPS) is 18.3. The predicted octanol–water partition coefficient (Wildman–Crippen LogP) is 1.57. The van der Waals surface area contributed by atoms with Crippen LogP contribution in [0.1, 0.15) is 52.0 Å². The highest BCUT2D eigenvalue weighted by atomic mass is 16.4. The number of rotatable bonds is 10. The van der Waals surface area contributed by atoms with Gasteiger partial charge in [-0.15, -0.1) is 0 Å². The highest BCUT2D eigenvalue weighted by molar-refractivity contribution is 6.73. The van der Waals surface area contributed by atoms with E-state index >= 15 is 0 Å². The Kier molecular flexibility index (Phi) is 6.95. The minimum Gasteiger partial charge on any atom is -0.478 e. The molecule has 1 aliphatic heterocycles. The average Bonchev–Trinajstić information content (AvgIpc) is 3.32. The number of allylic oxidation sites excluding steroid dienone is 1. The molecule has 0 bridgehead atoms. The van der Waals surface area contributed by atoms with E-state index in [4.69, 9.17) is 0 Å². The van der Waals surface area contributed by atoms with Crippen molar-refractivity contribution in [1.29, 1.82) is 0 Å². The molecular weight excluding hydrogens is 434 g/mol. The van der Waals surface area contributed by atoms with Crippen LogP contribution in [0.3, 0.4) is 0 Å². The van der Waals surface area contributed by atoms with E-state index in [0.29, 0.717) is 31.4 Å². The summed E-state index contributed by atoms with van der Waals surface area (Å²) in [5, 5.41) is 21.8. The molecular formula is C23H25B2N4O5. The van der Waals surface area contributed by atoms with Gasteiger partial charge in [0.2, 0.25) is 5.91 Å². The fourth-order valence-electron chi connectivity index (χ4n) is 4.62. The summed E-state index contributed by atoms with van der Waals surface area (Å²) in [6, 6.07) is 3.57. The van der Waals surface area contributed by atoms with Crippen molar-refractivity contribution in [1.82, 2.24) is 14.7 Å². The Balaban J connectivity index is 1.43. The molecule has 1 aliphatic carbocycles. The maximum atomic E-state index is 13.0. The van der Waals surface area contributed by atoms with Crippen LogP contribution in [-0.4, -0.2) is 63.9 Å². The Morgan fingerprint density at radius 1 is 1.29 bits per heavy atom. The highest BCUT2D eigenvalue weighted by Crippen LogP contribution is 2.46. The summed E-state index contributed by atoms with van der Waals surface area (Å²) in [6.45, 7) is 2.22. The largest absolute Gasteiger partial charge is 0.478 e. The monoisotopic (exact) mass is 459 g/mol. The van der Waals surface area contributed by atoms with Gasteiger partial charge in [-0.2, -0.15) is 0 Å². The Bertz CT molecular complexity index is 1160. The van der Waals surface area contributed by atoms with Crippen LogP contribution in [-0.2, 0) is 27.8 Å². The minimum atomic E-state index is -1.04. The number of nitrogens with one attached hydrogen (secondary N) is 1. The summed E-state index contributed by atoms with van der Waals surface area (Å²) >= 11 is 0. The van der Waals surface area contributed by atoms with Gasteiger partial charge in [0.15, 0.2) is 0 Å². The van der Waals surface area contributed by atoms with Crippen LogP contribution in [0.2, 0.25) is 6.82 Å². The summed E-state index contributed by atoms with van der Waals surface area (Å²) in [5.74, 6) is -0.638. The Morgan fingerprint density at radius 3 is 2.85 bits per heavy atom. The maximum absolute atomic E-state index is 13.0. The number of carbonyl (C=O) groups is 3. The molecule has 4 rings (SSSR count). The maximum Gasteiger partial charge on any atom is 0.364 e. The molecule has 0 saturated carbocycles. The average molecular weight is 459 g/mol. The first kappa shape index (κ1) is 23.8. The van der Waals surface area contributed by atoms with Gasteiger partial charge in [-0.3, -0.25) is 9.78 Å². The molecule has 1 spiro atoms. The molecule has 1 radical (unpaired) electrons. The molecule has 2 aromatic heterocycles. The topological polar surface area (TPSA) is 133 Å². The summed E-state index contributed by atoms with van der Waals surface area (Å²) in [5.41, 5.74) is 2.51. The van der Waals surface area contributed by atoms with Gasteiger partial charge < -0.3 is 25.0 Å². The van der Waals surface area contributed by atoms with E-state index in [2.05, 4.69) is 15.3 Å². The second kappa shape index (κ2) is 9.90. The van der Waals surface area contributed by atoms with Gasteiger partial charge in [0, 0.05) is 30.1 Å². The molecule has 0 aromatic carbocycles. The van der Waals surface area contributed by atoms with Gasteiger partial charge in [0.25, 0.3) is 7.41 Å². The fraction of sp³-hybridized carbons (Fsp3) is 0.348. The minimum absolute atomic E-state index is 0.116. The van der Waals surface area contributed by atoms with Crippen molar-refractivity contribution in [2.75, 3.05) is 11.9 Å². The number of aromatic nitrogens is 2. The zero-order valence-electron chi connectivity index (χ0n) is 18.9. The first-order valence-electron chi connectivity index (χ1n) is 11.3. The van der Waals surface area contributed by atoms with E-state index in [1.165, 1.54) is 13.6 Å². The van der Waals surface area contributed by atoms with E-state index in [1.807, 2.05) is 18.2 Å². The number of anilines is 1. The smallest absolute Gasteiger partial charge is 0.364 e. The molecule has 34 heavy (non-hydrogen) atoms. The molecule has 3 heterocycles. The molecule has 0 fully saturated rings. The van der Waals surface area contributed by atoms with Crippen LogP contribution in [0, 0.1) is 0 Å². The highest BCUT2D eigenvalue weighted by Gasteiger charge is 2.51. The SMILES string of the molecule is CB(O)N([B]C=O)CCCC/C=C/c1cnc2c(c1)[C@@]1(Cc3cc(C(=O)O)cnc3C1)C(=O)N2. The van der Waals surface area contributed by atoms with Crippen LogP contribution < -0.4 is 5.32 Å². The van der Waals surface area contributed by atoms with Crippen molar-refractivity contribution in [3.05, 3.63) is 58.6 Å². The van der Waals surface area contributed by atoms with Crippen LogP contribution in [0.15, 0.2) is 30.6 Å². The number of pyridine rings is 2. The zero-order chi connectivity index (χ0) is 24.3. The molecule has 2 aliphatic rings. The number of hydrogen-bond acceptors (Lipinski definition) is 7. The zero-order valence-corrected chi connectivity index (χ0v) is 18.9. The van der Waals surface area contributed by atoms with Crippen LogP contribution in [0.4, 0.5) is 5.82 Å². The Labute approximate surface area is 198 Å². The van der Waals surface area contributed by atoms with E-state index in [0.717, 1.165) is 41.6 Å². The van der Waals surface area contributed by atoms with Crippen LogP contribution in [0.5, 0.6) is 0 Å². The molecule has 0 unspecified atom stereocenters. The molecule has 1 amide bonds. The molecule has 0 saturated heterocycles. The molecule has 173 valence electrons. The summed E-state index contributed by atoms with van der Waals surface area (Å²) in [4.78, 5) is 43.7.